The molecular formula is C11H16N2O. The van der Waals surface area contributed by atoms with Gasteiger partial charge in [-0.15, -0.1) is 0 Å². The van der Waals surface area contributed by atoms with Crippen molar-refractivity contribution in [2.45, 2.75) is 33.1 Å². The number of rotatable bonds is 3. The number of anilines is 2. The minimum atomic E-state index is 0.614. The fourth-order valence-electron chi connectivity index (χ4n) is 1.87. The number of fused-ring (bicyclic) bond motifs is 2. The van der Waals surface area contributed by atoms with E-state index in [2.05, 4.69) is 6.92 Å². The Kier molecular flexibility index (Phi) is 2.02. The summed E-state index contributed by atoms with van der Waals surface area (Å²) in [4.78, 5) is 0. The van der Waals surface area contributed by atoms with Gasteiger partial charge in [-0.3, -0.25) is 0 Å². The van der Waals surface area contributed by atoms with E-state index in [4.69, 9.17) is 16.2 Å². The van der Waals surface area contributed by atoms with E-state index in [0.717, 1.165) is 47.6 Å². The monoisotopic (exact) mass is 192 g/mol. The highest BCUT2D eigenvalue weighted by Crippen LogP contribution is 2.52. The summed E-state index contributed by atoms with van der Waals surface area (Å²) in [5.41, 5.74) is 15.4. The van der Waals surface area contributed by atoms with Crippen LogP contribution < -0.4 is 16.2 Å². The average Bonchev–Trinajstić information content (AvgIpc) is 2.18. The molecule has 76 valence electrons. The van der Waals surface area contributed by atoms with E-state index in [1.165, 1.54) is 0 Å². The maximum absolute atomic E-state index is 5.93. The third-order valence-corrected chi connectivity index (χ3v) is 2.80. The molecule has 0 saturated heterocycles. The zero-order chi connectivity index (χ0) is 10.3. The van der Waals surface area contributed by atoms with Crippen LogP contribution in [0.2, 0.25) is 0 Å². The first-order chi connectivity index (χ1) is 6.66. The highest BCUT2D eigenvalue weighted by molar-refractivity contribution is 5.85. The molecule has 0 aromatic heterocycles. The predicted octanol–water partition coefficient (Wildman–Crippen LogP) is 2.61. The molecule has 2 bridgehead atoms. The van der Waals surface area contributed by atoms with Gasteiger partial charge in [0.1, 0.15) is 5.75 Å². The zero-order valence-electron chi connectivity index (χ0n) is 8.68. The second-order valence-electron chi connectivity index (χ2n) is 3.79. The van der Waals surface area contributed by atoms with Crippen LogP contribution in [0.15, 0.2) is 0 Å². The Morgan fingerprint density at radius 3 is 2.43 bits per heavy atom. The number of nitrogens with two attached hydrogens (primary N) is 2. The molecule has 0 saturated carbocycles. The lowest BCUT2D eigenvalue weighted by atomic mass is 9.96. The van der Waals surface area contributed by atoms with E-state index >= 15 is 0 Å². The fraction of sp³-hybridized carbons (Fsp3) is 0.455. The molecule has 1 aromatic rings. The molecule has 0 aliphatic carbocycles. The minimum absolute atomic E-state index is 0.614. The summed E-state index contributed by atoms with van der Waals surface area (Å²) in [7, 11) is 0. The largest absolute Gasteiger partial charge is 0.454 e. The van der Waals surface area contributed by atoms with Crippen LogP contribution in [0.3, 0.4) is 0 Å². The normalized spacial score (nSPS) is 12.1. The van der Waals surface area contributed by atoms with E-state index in [1.807, 2.05) is 6.92 Å². The number of aryl methyl sites for hydroxylation is 1. The molecule has 2 aliphatic heterocycles. The standard InChI is InChI=1S/C11H16N2O/c1-3-4-5-7-8(12)9(13)11-6(2)10(7)14-11/h3-5,12-13H2,1-2H3. The lowest BCUT2D eigenvalue weighted by molar-refractivity contribution is 0.422. The van der Waals surface area contributed by atoms with Gasteiger partial charge in [-0.25, -0.2) is 0 Å². The van der Waals surface area contributed by atoms with Crippen LogP contribution in [0.25, 0.3) is 0 Å². The molecule has 0 unspecified atom stereocenters. The molecule has 0 fully saturated rings. The first-order valence-corrected chi connectivity index (χ1v) is 5.05. The Hall–Kier alpha value is -1.38. The van der Waals surface area contributed by atoms with Crippen LogP contribution in [-0.4, -0.2) is 0 Å². The van der Waals surface area contributed by atoms with Gasteiger partial charge in [0.15, 0.2) is 5.75 Å². The number of benzene rings is 1. The highest BCUT2D eigenvalue weighted by atomic mass is 16.5. The van der Waals surface area contributed by atoms with Gasteiger partial charge < -0.3 is 16.2 Å². The highest BCUT2D eigenvalue weighted by Gasteiger charge is 2.28. The Morgan fingerprint density at radius 2 is 1.86 bits per heavy atom. The molecule has 2 aliphatic rings. The summed E-state index contributed by atoms with van der Waals surface area (Å²) in [6.45, 7) is 4.19. The number of hydrogen-bond donors (Lipinski definition) is 2. The van der Waals surface area contributed by atoms with E-state index in [9.17, 15) is 0 Å². The quantitative estimate of drug-likeness (QED) is 0.735. The summed E-state index contributed by atoms with van der Waals surface area (Å²) < 4.78 is 5.48. The van der Waals surface area contributed by atoms with Crippen molar-refractivity contribution in [2.24, 2.45) is 0 Å². The van der Waals surface area contributed by atoms with Crippen LogP contribution >= 0.6 is 0 Å². The van der Waals surface area contributed by atoms with E-state index in [0.29, 0.717) is 5.69 Å². The smallest absolute Gasteiger partial charge is 0.159 e. The lowest BCUT2D eigenvalue weighted by Gasteiger charge is -2.29. The lowest BCUT2D eigenvalue weighted by Crippen LogP contribution is -2.13. The van der Waals surface area contributed by atoms with E-state index < -0.39 is 0 Å². The van der Waals surface area contributed by atoms with Crippen LogP contribution in [0.5, 0.6) is 11.5 Å². The topological polar surface area (TPSA) is 61.3 Å². The Labute approximate surface area is 84.0 Å². The molecular weight excluding hydrogens is 176 g/mol. The van der Waals surface area contributed by atoms with Crippen LogP contribution in [0.4, 0.5) is 11.4 Å². The summed E-state index contributed by atoms with van der Waals surface area (Å²) in [6, 6.07) is 0. The van der Waals surface area contributed by atoms with Crippen molar-refractivity contribution in [2.75, 3.05) is 11.5 Å². The third kappa shape index (κ3) is 1.05. The predicted molar refractivity (Wildman–Crippen MR) is 58.7 cm³/mol. The van der Waals surface area contributed by atoms with Gasteiger partial charge in [-0.2, -0.15) is 0 Å². The number of hydrogen-bond acceptors (Lipinski definition) is 3. The van der Waals surface area contributed by atoms with E-state index in [-0.39, 0.29) is 0 Å². The third-order valence-electron chi connectivity index (χ3n) is 2.80. The molecule has 1 aromatic carbocycles. The van der Waals surface area contributed by atoms with Crippen molar-refractivity contribution in [1.29, 1.82) is 0 Å². The number of unbranched alkanes of at least 4 members (excludes halogenated alkanes) is 1. The molecule has 0 atom stereocenters. The summed E-state index contributed by atoms with van der Waals surface area (Å²) in [5.74, 6) is 1.73. The van der Waals surface area contributed by atoms with Gasteiger partial charge in [0.05, 0.1) is 11.4 Å². The number of ether oxygens (including phenoxy) is 1. The summed E-state index contributed by atoms with van der Waals surface area (Å²) in [5, 5.41) is 0. The average molecular weight is 192 g/mol. The Morgan fingerprint density at radius 1 is 1.14 bits per heavy atom. The SMILES string of the molecule is CCCCc1c(N)c(N)c2c(C)c1O2. The molecule has 0 spiro atoms. The molecule has 2 heterocycles. The molecule has 3 rings (SSSR count). The van der Waals surface area contributed by atoms with Crippen LogP contribution in [-0.2, 0) is 6.42 Å². The van der Waals surface area contributed by atoms with Crippen molar-refractivity contribution in [3.63, 3.8) is 0 Å². The molecule has 0 radical (unpaired) electrons. The molecule has 3 heteroatoms. The van der Waals surface area contributed by atoms with Crippen LogP contribution in [0, 0.1) is 6.92 Å². The number of nitrogen functional groups attached to an aromatic ring is 2. The molecule has 3 nitrogen and oxygen atoms in total. The van der Waals surface area contributed by atoms with Gasteiger partial charge in [-0.05, 0) is 19.8 Å². The summed E-state index contributed by atoms with van der Waals surface area (Å²) in [6.07, 6.45) is 3.24. The maximum atomic E-state index is 5.93. The second-order valence-corrected chi connectivity index (χ2v) is 3.79. The van der Waals surface area contributed by atoms with Gasteiger partial charge in [-0.1, -0.05) is 13.3 Å². The van der Waals surface area contributed by atoms with Crippen molar-refractivity contribution in [1.82, 2.24) is 0 Å². The van der Waals surface area contributed by atoms with E-state index in [1.54, 1.807) is 0 Å². The van der Waals surface area contributed by atoms with Crippen molar-refractivity contribution in [3.05, 3.63) is 11.1 Å². The van der Waals surface area contributed by atoms with Crippen molar-refractivity contribution >= 4 is 11.4 Å². The van der Waals surface area contributed by atoms with Gasteiger partial charge in [0.25, 0.3) is 0 Å². The maximum Gasteiger partial charge on any atom is 0.159 e. The zero-order valence-corrected chi connectivity index (χ0v) is 8.68. The summed E-state index contributed by atoms with van der Waals surface area (Å²) >= 11 is 0. The van der Waals surface area contributed by atoms with Gasteiger partial charge in [0.2, 0.25) is 0 Å². The van der Waals surface area contributed by atoms with Crippen molar-refractivity contribution < 1.29 is 4.74 Å². The Balaban J connectivity index is 2.41. The van der Waals surface area contributed by atoms with Crippen LogP contribution in [0.1, 0.15) is 30.9 Å². The minimum Gasteiger partial charge on any atom is -0.454 e. The molecule has 4 N–H and O–H groups in total. The molecule has 14 heavy (non-hydrogen) atoms. The first kappa shape index (κ1) is 9.19. The first-order valence-electron chi connectivity index (χ1n) is 5.05. The fourth-order valence-corrected chi connectivity index (χ4v) is 1.87. The van der Waals surface area contributed by atoms with Crippen molar-refractivity contribution in [3.8, 4) is 11.5 Å². The Bertz CT molecular complexity index is 382. The second kappa shape index (κ2) is 3.08. The van der Waals surface area contributed by atoms with Gasteiger partial charge >= 0.3 is 0 Å². The molecule has 0 amide bonds. The van der Waals surface area contributed by atoms with Gasteiger partial charge in [0, 0.05) is 11.1 Å².